The number of benzene rings is 3. The van der Waals surface area contributed by atoms with E-state index in [1.807, 2.05) is 18.2 Å². The van der Waals surface area contributed by atoms with E-state index in [2.05, 4.69) is 47.8 Å². The molecule has 0 heterocycles. The molecule has 6 nitrogen and oxygen atoms in total. The Kier molecular flexibility index (Phi) is 12.8. The van der Waals surface area contributed by atoms with Crippen LogP contribution < -0.4 is 20.1 Å². The summed E-state index contributed by atoms with van der Waals surface area (Å²) < 4.78 is 25.0. The molecule has 0 aliphatic carbocycles. The molecule has 8 heteroatoms. The van der Waals surface area contributed by atoms with E-state index in [0.717, 1.165) is 44.9 Å². The fraction of sp³-hybridized carbons (Fsp3) is 0.394. The molecule has 220 valence electrons. The summed E-state index contributed by atoms with van der Waals surface area (Å²) in [5.74, 6) is 0.289. The molecule has 0 saturated carbocycles. The van der Waals surface area contributed by atoms with Gasteiger partial charge < -0.3 is 19.3 Å². The van der Waals surface area contributed by atoms with Crippen LogP contribution in [0, 0.1) is 5.82 Å². The predicted octanol–water partition coefficient (Wildman–Crippen LogP) is 5.70. The minimum Gasteiger partial charge on any atom is -0.494 e. The monoisotopic (exact) mass is 581 g/mol. The molecule has 0 spiro atoms. The Morgan fingerprint density at radius 3 is 2.15 bits per heavy atom. The number of carbonyl (C=O) groups excluding carboxylic acids is 2. The number of rotatable bonds is 16. The highest BCUT2D eigenvalue weighted by Gasteiger charge is 2.31. The van der Waals surface area contributed by atoms with E-state index < -0.39 is 11.8 Å². The molecule has 1 N–H and O–H groups in total. The summed E-state index contributed by atoms with van der Waals surface area (Å²) in [6, 6.07) is 20.9. The smallest absolute Gasteiger partial charge is 0.344 e. The van der Waals surface area contributed by atoms with E-state index >= 15 is 0 Å². The van der Waals surface area contributed by atoms with Crippen LogP contribution in [-0.4, -0.2) is 56.7 Å². The largest absolute Gasteiger partial charge is 0.494 e. The van der Waals surface area contributed by atoms with E-state index in [4.69, 9.17) is 9.47 Å². The van der Waals surface area contributed by atoms with Crippen molar-refractivity contribution < 1.29 is 27.9 Å². The van der Waals surface area contributed by atoms with Crippen LogP contribution in [0.25, 0.3) is 0 Å². The summed E-state index contributed by atoms with van der Waals surface area (Å²) in [7, 11) is 8.55. The summed E-state index contributed by atoms with van der Waals surface area (Å²) in [4.78, 5) is 25.2. The fourth-order valence-corrected chi connectivity index (χ4v) is 4.87. The Labute approximate surface area is 246 Å². The van der Waals surface area contributed by atoms with E-state index in [-0.39, 0.29) is 11.9 Å². The molecule has 0 aliphatic rings. The molecule has 0 bridgehead atoms. The molecule has 3 aromatic rings. The molecular weight excluding hydrogens is 538 g/mol. The van der Waals surface area contributed by atoms with Crippen LogP contribution in [0.4, 0.5) is 4.39 Å². The fourth-order valence-electron chi connectivity index (χ4n) is 4.49. The maximum atomic E-state index is 13.3. The van der Waals surface area contributed by atoms with E-state index in [1.54, 1.807) is 24.3 Å². The van der Waals surface area contributed by atoms with Crippen LogP contribution in [0.5, 0.6) is 11.5 Å². The molecule has 41 heavy (non-hydrogen) atoms. The van der Waals surface area contributed by atoms with Crippen molar-refractivity contribution >= 4 is 26.4 Å². The predicted molar refractivity (Wildman–Crippen MR) is 165 cm³/mol. The Morgan fingerprint density at radius 1 is 0.854 bits per heavy atom. The third kappa shape index (κ3) is 11.3. The maximum absolute atomic E-state index is 13.3. The van der Waals surface area contributed by atoms with Gasteiger partial charge in [0.1, 0.15) is 17.3 Å². The number of amides is 1. The Hall–Kier alpha value is -3.28. The van der Waals surface area contributed by atoms with Crippen molar-refractivity contribution in [2.75, 3.05) is 34.3 Å². The summed E-state index contributed by atoms with van der Waals surface area (Å²) in [6.45, 7) is 1.33. The molecule has 3 aromatic carbocycles. The molecular formula is C33H43FN2O4P+. The Balaban J connectivity index is 1.25. The first kappa shape index (κ1) is 32.2. The van der Waals surface area contributed by atoms with Gasteiger partial charge in [-0.3, -0.25) is 4.79 Å². The number of likely N-dealkylation sites (N-methyl/N-ethyl adjacent to an activating group) is 1. The standard InChI is InChI=1S/C33H42FN2O4P/c1-36(2,3)30(23-25-13-9-8-10-14-25)32(37)35-21-11-6-4-5-7-12-22-39-27-16-18-28(19-17-27)40-33(38)29-20-15-26(34)24-31(29)41/h8-10,13-20,24,30H,4-7,11-12,21-23,41H2,1-3H3/p+1. The lowest BCUT2D eigenvalue weighted by molar-refractivity contribution is -0.886. The van der Waals surface area contributed by atoms with Crippen LogP contribution in [0.1, 0.15) is 54.4 Å². The molecule has 0 fully saturated rings. The van der Waals surface area contributed by atoms with Crippen molar-refractivity contribution in [3.63, 3.8) is 0 Å². The number of quaternary nitrogens is 1. The van der Waals surface area contributed by atoms with Gasteiger partial charge in [0.15, 0.2) is 6.04 Å². The molecule has 3 rings (SSSR count). The lowest BCUT2D eigenvalue weighted by Gasteiger charge is -2.33. The van der Waals surface area contributed by atoms with Gasteiger partial charge in [0, 0.05) is 13.0 Å². The molecule has 2 atom stereocenters. The summed E-state index contributed by atoms with van der Waals surface area (Å²) in [5, 5.41) is 3.60. The minimum absolute atomic E-state index is 0.117. The number of halogens is 1. The van der Waals surface area contributed by atoms with Crippen molar-refractivity contribution in [2.45, 2.75) is 51.0 Å². The molecule has 0 saturated heterocycles. The number of unbranched alkanes of at least 4 members (excludes halogenated alkanes) is 5. The minimum atomic E-state index is -0.539. The Bertz CT molecular complexity index is 1250. The average molecular weight is 582 g/mol. The highest BCUT2D eigenvalue weighted by molar-refractivity contribution is 7.27. The highest BCUT2D eigenvalue weighted by atomic mass is 31.0. The van der Waals surface area contributed by atoms with Gasteiger partial charge in [-0.05, 0) is 66.2 Å². The maximum Gasteiger partial charge on any atom is 0.344 e. The first-order valence-corrected chi connectivity index (χ1v) is 14.8. The first-order valence-electron chi connectivity index (χ1n) is 14.3. The number of ether oxygens (including phenoxy) is 2. The summed E-state index contributed by atoms with van der Waals surface area (Å²) in [5.41, 5.74) is 1.48. The summed E-state index contributed by atoms with van der Waals surface area (Å²) in [6.07, 6.45) is 7.09. The molecule has 2 unspecified atom stereocenters. The van der Waals surface area contributed by atoms with Crippen LogP contribution in [0.3, 0.4) is 0 Å². The van der Waals surface area contributed by atoms with Crippen molar-refractivity contribution in [3.05, 3.63) is 89.7 Å². The SMILES string of the molecule is C[N+](C)(C)C(Cc1ccccc1)C(=O)NCCCCCCCCOc1ccc(OC(=O)c2ccc(F)cc2P)cc1. The first-order chi connectivity index (χ1) is 19.6. The highest BCUT2D eigenvalue weighted by Crippen LogP contribution is 2.20. The topological polar surface area (TPSA) is 64.6 Å². The van der Waals surface area contributed by atoms with E-state index in [1.165, 1.54) is 23.8 Å². The zero-order valence-electron chi connectivity index (χ0n) is 24.4. The van der Waals surface area contributed by atoms with Gasteiger partial charge in [-0.1, -0.05) is 56.0 Å². The zero-order chi connectivity index (χ0) is 29.7. The second-order valence-electron chi connectivity index (χ2n) is 11.2. The second-order valence-corrected chi connectivity index (χ2v) is 11.8. The van der Waals surface area contributed by atoms with Crippen molar-refractivity contribution in [2.24, 2.45) is 0 Å². The normalized spacial score (nSPS) is 12.0. The number of hydrogen-bond acceptors (Lipinski definition) is 4. The zero-order valence-corrected chi connectivity index (χ0v) is 25.6. The van der Waals surface area contributed by atoms with Crippen molar-refractivity contribution in [1.82, 2.24) is 5.32 Å². The third-order valence-corrected chi connectivity index (χ3v) is 7.39. The lowest BCUT2D eigenvalue weighted by Crippen LogP contribution is -2.55. The van der Waals surface area contributed by atoms with Crippen LogP contribution >= 0.6 is 9.24 Å². The van der Waals surface area contributed by atoms with Crippen molar-refractivity contribution in [3.8, 4) is 11.5 Å². The molecule has 1 amide bonds. The van der Waals surface area contributed by atoms with Gasteiger partial charge in [-0.15, -0.1) is 9.24 Å². The average Bonchev–Trinajstić information content (AvgIpc) is 2.93. The molecule has 0 aliphatic heterocycles. The van der Waals surface area contributed by atoms with E-state index in [9.17, 15) is 14.0 Å². The summed E-state index contributed by atoms with van der Waals surface area (Å²) >= 11 is 0. The van der Waals surface area contributed by atoms with Crippen LogP contribution in [0.15, 0.2) is 72.8 Å². The third-order valence-electron chi connectivity index (χ3n) is 6.92. The molecule has 0 radical (unpaired) electrons. The van der Waals surface area contributed by atoms with Gasteiger partial charge >= 0.3 is 5.97 Å². The molecule has 0 aromatic heterocycles. The van der Waals surface area contributed by atoms with Gasteiger partial charge in [0.05, 0.1) is 33.3 Å². The van der Waals surface area contributed by atoms with Gasteiger partial charge in [0.2, 0.25) is 0 Å². The van der Waals surface area contributed by atoms with Gasteiger partial charge in [-0.25, -0.2) is 9.18 Å². The van der Waals surface area contributed by atoms with Crippen molar-refractivity contribution in [1.29, 1.82) is 0 Å². The Morgan fingerprint density at radius 2 is 1.49 bits per heavy atom. The quantitative estimate of drug-likeness (QED) is 0.0776. The van der Waals surface area contributed by atoms with E-state index in [0.29, 0.717) is 40.0 Å². The number of hydrogen-bond donors (Lipinski definition) is 1. The van der Waals surface area contributed by atoms with Crippen LogP contribution in [0.2, 0.25) is 0 Å². The number of esters is 1. The number of carbonyl (C=O) groups is 2. The van der Waals surface area contributed by atoms with Crippen LogP contribution in [-0.2, 0) is 11.2 Å². The number of nitrogens with zero attached hydrogens (tertiary/aromatic N) is 1. The number of nitrogens with one attached hydrogen (secondary N) is 1. The van der Waals surface area contributed by atoms with Gasteiger partial charge in [-0.2, -0.15) is 0 Å². The second kappa shape index (κ2) is 16.2. The van der Waals surface area contributed by atoms with Gasteiger partial charge in [0.25, 0.3) is 5.91 Å². The lowest BCUT2D eigenvalue weighted by atomic mass is 10.0.